The maximum Gasteiger partial charge on any atom is 0.267 e. The molecular formula is C10H7ClN2O2. The van der Waals surface area contributed by atoms with Gasteiger partial charge in [0.15, 0.2) is 0 Å². The quantitative estimate of drug-likeness (QED) is 0.763. The Bertz CT molecular complexity index is 451. The molecule has 0 radical (unpaired) electrons. The molecule has 0 aliphatic carbocycles. The van der Waals surface area contributed by atoms with Crippen LogP contribution in [0.4, 0.5) is 0 Å². The Morgan fingerprint density at radius 2 is 2.13 bits per heavy atom. The van der Waals surface area contributed by atoms with E-state index in [2.05, 4.69) is 0 Å². The van der Waals surface area contributed by atoms with Crippen molar-refractivity contribution in [2.45, 2.75) is 11.7 Å². The Hall–Kier alpha value is -1.57. The summed E-state index contributed by atoms with van der Waals surface area (Å²) in [7, 11) is 0. The Labute approximate surface area is 91.2 Å². The number of primary amides is 1. The van der Waals surface area contributed by atoms with E-state index in [1.165, 1.54) is 0 Å². The topological polar surface area (TPSA) is 79.4 Å². The standard InChI is InChI=1S/C10H7ClN2O2/c11-7-3-1-6(2-4-7)8-10(5-12,15-8)9(13)14/h1-4,8H,(H2,13,14)/t8-,10+/m1/s1. The number of rotatable bonds is 2. The van der Waals surface area contributed by atoms with Crippen molar-refractivity contribution in [1.29, 1.82) is 5.26 Å². The second-order valence-corrected chi connectivity index (χ2v) is 3.70. The number of carbonyl (C=O) groups is 1. The van der Waals surface area contributed by atoms with Crippen LogP contribution < -0.4 is 5.73 Å². The first-order valence-corrected chi connectivity index (χ1v) is 4.62. The summed E-state index contributed by atoms with van der Waals surface area (Å²) in [6, 6.07) is 8.53. The number of benzene rings is 1. The van der Waals surface area contributed by atoms with E-state index < -0.39 is 17.6 Å². The van der Waals surface area contributed by atoms with Gasteiger partial charge in [0.2, 0.25) is 0 Å². The van der Waals surface area contributed by atoms with Gasteiger partial charge in [0.25, 0.3) is 11.5 Å². The third kappa shape index (κ3) is 1.46. The molecule has 1 heterocycles. The number of hydrogen-bond donors (Lipinski definition) is 1. The second kappa shape index (κ2) is 3.23. The number of nitrogens with two attached hydrogens (primary N) is 1. The number of nitrogens with zero attached hydrogens (tertiary/aromatic N) is 1. The highest BCUT2D eigenvalue weighted by molar-refractivity contribution is 6.30. The van der Waals surface area contributed by atoms with Crippen LogP contribution in [0.2, 0.25) is 5.02 Å². The molecule has 15 heavy (non-hydrogen) atoms. The van der Waals surface area contributed by atoms with E-state index in [9.17, 15) is 4.79 Å². The van der Waals surface area contributed by atoms with Crippen molar-refractivity contribution in [2.75, 3.05) is 0 Å². The van der Waals surface area contributed by atoms with Crippen LogP contribution in [-0.4, -0.2) is 11.5 Å². The lowest BCUT2D eigenvalue weighted by Crippen LogP contribution is -2.31. The molecule has 0 aromatic heterocycles. The van der Waals surface area contributed by atoms with Crippen LogP contribution in [0.5, 0.6) is 0 Å². The van der Waals surface area contributed by atoms with Crippen molar-refractivity contribution in [3.8, 4) is 6.07 Å². The predicted molar refractivity (Wildman–Crippen MR) is 52.8 cm³/mol. The van der Waals surface area contributed by atoms with Gasteiger partial charge in [-0.2, -0.15) is 5.26 Å². The molecule has 1 aromatic rings. The van der Waals surface area contributed by atoms with Gasteiger partial charge in [0.1, 0.15) is 12.2 Å². The molecule has 1 aliphatic rings. The summed E-state index contributed by atoms with van der Waals surface area (Å²) in [6.07, 6.45) is -0.572. The molecule has 1 saturated heterocycles. The summed E-state index contributed by atoms with van der Waals surface area (Å²) in [5, 5.41) is 9.40. The van der Waals surface area contributed by atoms with Gasteiger partial charge in [-0.05, 0) is 17.7 Å². The minimum Gasteiger partial charge on any atom is -0.366 e. The van der Waals surface area contributed by atoms with E-state index in [0.717, 1.165) is 5.56 Å². The zero-order valence-electron chi connectivity index (χ0n) is 7.61. The lowest BCUT2D eigenvalue weighted by molar-refractivity contribution is -0.121. The molecule has 76 valence electrons. The van der Waals surface area contributed by atoms with Crippen molar-refractivity contribution in [3.63, 3.8) is 0 Å². The summed E-state index contributed by atoms with van der Waals surface area (Å²) in [5.74, 6) is -0.759. The highest BCUT2D eigenvalue weighted by Gasteiger charge is 2.63. The molecule has 0 saturated carbocycles. The summed E-state index contributed by atoms with van der Waals surface area (Å²) in [5.41, 5.74) is 4.32. The molecule has 1 amide bonds. The van der Waals surface area contributed by atoms with Crippen LogP contribution in [0.25, 0.3) is 0 Å². The minimum atomic E-state index is -1.49. The molecule has 5 heteroatoms. The first-order chi connectivity index (χ1) is 7.10. The molecule has 1 aromatic carbocycles. The fourth-order valence-corrected chi connectivity index (χ4v) is 1.55. The second-order valence-electron chi connectivity index (χ2n) is 3.26. The van der Waals surface area contributed by atoms with Crippen LogP contribution in [0.3, 0.4) is 0 Å². The molecule has 0 unspecified atom stereocenters. The monoisotopic (exact) mass is 222 g/mol. The van der Waals surface area contributed by atoms with Crippen LogP contribution >= 0.6 is 11.6 Å². The van der Waals surface area contributed by atoms with Gasteiger partial charge in [-0.25, -0.2) is 0 Å². The van der Waals surface area contributed by atoms with Crippen molar-refractivity contribution in [1.82, 2.24) is 0 Å². The summed E-state index contributed by atoms with van der Waals surface area (Å²) >= 11 is 5.71. The molecule has 2 N–H and O–H groups in total. The molecule has 2 rings (SSSR count). The van der Waals surface area contributed by atoms with Gasteiger partial charge in [-0.1, -0.05) is 23.7 Å². The maximum absolute atomic E-state index is 11.0. The van der Waals surface area contributed by atoms with E-state index in [-0.39, 0.29) is 0 Å². The molecule has 1 aliphatic heterocycles. The lowest BCUT2D eigenvalue weighted by Gasteiger charge is -1.98. The molecule has 1 fully saturated rings. The first-order valence-electron chi connectivity index (χ1n) is 4.24. The van der Waals surface area contributed by atoms with Crippen LogP contribution in [-0.2, 0) is 9.53 Å². The van der Waals surface area contributed by atoms with Gasteiger partial charge < -0.3 is 10.5 Å². The van der Waals surface area contributed by atoms with E-state index in [1.54, 1.807) is 30.3 Å². The number of amides is 1. The summed E-state index contributed by atoms with van der Waals surface area (Å²) in [6.45, 7) is 0. The Kier molecular flexibility index (Phi) is 2.14. The summed E-state index contributed by atoms with van der Waals surface area (Å²) in [4.78, 5) is 11.0. The van der Waals surface area contributed by atoms with Crippen molar-refractivity contribution in [3.05, 3.63) is 34.9 Å². The van der Waals surface area contributed by atoms with Gasteiger partial charge in [0, 0.05) is 5.02 Å². The molecule has 0 spiro atoms. The Morgan fingerprint density at radius 3 is 2.53 bits per heavy atom. The number of ether oxygens (including phenoxy) is 1. The number of halogens is 1. The molecule has 2 atom stereocenters. The Balaban J connectivity index is 2.27. The third-order valence-corrected chi connectivity index (χ3v) is 2.57. The van der Waals surface area contributed by atoms with Crippen LogP contribution in [0, 0.1) is 11.3 Å². The van der Waals surface area contributed by atoms with E-state index in [1.807, 2.05) is 0 Å². The number of carbonyl (C=O) groups excluding carboxylic acids is 1. The SMILES string of the molecule is N#C[C@]1(C(N)=O)O[C@@H]1c1ccc(Cl)cc1. The third-order valence-electron chi connectivity index (χ3n) is 2.32. The highest BCUT2D eigenvalue weighted by atomic mass is 35.5. The number of epoxide rings is 1. The Morgan fingerprint density at radius 1 is 1.53 bits per heavy atom. The van der Waals surface area contributed by atoms with Crippen molar-refractivity contribution in [2.24, 2.45) is 5.73 Å². The number of hydrogen-bond acceptors (Lipinski definition) is 3. The zero-order chi connectivity index (χ0) is 11.1. The van der Waals surface area contributed by atoms with Crippen molar-refractivity contribution >= 4 is 17.5 Å². The van der Waals surface area contributed by atoms with E-state index in [0.29, 0.717) is 5.02 Å². The molecule has 0 bridgehead atoms. The highest BCUT2D eigenvalue weighted by Crippen LogP contribution is 2.49. The minimum absolute atomic E-state index is 0.572. The average Bonchev–Trinajstić information content (AvgIpc) is 2.95. The fraction of sp³-hybridized carbons (Fsp3) is 0.200. The first kappa shape index (κ1) is 9.97. The lowest BCUT2D eigenvalue weighted by atomic mass is 10.0. The van der Waals surface area contributed by atoms with Crippen LogP contribution in [0.15, 0.2) is 24.3 Å². The van der Waals surface area contributed by atoms with Gasteiger partial charge in [0.05, 0.1) is 0 Å². The van der Waals surface area contributed by atoms with Gasteiger partial charge in [-0.15, -0.1) is 0 Å². The summed E-state index contributed by atoms with van der Waals surface area (Å²) < 4.78 is 5.06. The van der Waals surface area contributed by atoms with Crippen molar-refractivity contribution < 1.29 is 9.53 Å². The molecular weight excluding hydrogens is 216 g/mol. The molecule has 4 nitrogen and oxygen atoms in total. The van der Waals surface area contributed by atoms with E-state index >= 15 is 0 Å². The normalized spacial score (nSPS) is 28.1. The van der Waals surface area contributed by atoms with Gasteiger partial charge in [-0.3, -0.25) is 4.79 Å². The largest absolute Gasteiger partial charge is 0.366 e. The van der Waals surface area contributed by atoms with Gasteiger partial charge >= 0.3 is 0 Å². The predicted octanol–water partition coefficient (Wildman–Crippen LogP) is 1.16. The maximum atomic E-state index is 11.0. The average molecular weight is 223 g/mol. The van der Waals surface area contributed by atoms with E-state index in [4.69, 9.17) is 27.3 Å². The number of nitriles is 1. The zero-order valence-corrected chi connectivity index (χ0v) is 8.36. The smallest absolute Gasteiger partial charge is 0.267 e. The van der Waals surface area contributed by atoms with Crippen LogP contribution in [0.1, 0.15) is 11.7 Å². The fourth-order valence-electron chi connectivity index (χ4n) is 1.42.